The highest BCUT2D eigenvalue weighted by Gasteiger charge is 2.56. The van der Waals surface area contributed by atoms with E-state index in [0.717, 1.165) is 21.3 Å². The van der Waals surface area contributed by atoms with E-state index in [1.54, 1.807) is 17.0 Å². The number of aromatic hydroxyl groups is 1. The number of ether oxygens (including phenoxy) is 1. The van der Waals surface area contributed by atoms with Crippen molar-refractivity contribution in [3.8, 4) is 5.75 Å². The lowest BCUT2D eigenvalue weighted by Gasteiger charge is -2.47. The number of amides is 2. The Morgan fingerprint density at radius 3 is 2.71 bits per heavy atom. The van der Waals surface area contributed by atoms with Crippen molar-refractivity contribution in [1.82, 2.24) is 35.1 Å². The van der Waals surface area contributed by atoms with Crippen molar-refractivity contribution in [3.63, 3.8) is 0 Å². The first-order valence-corrected chi connectivity index (χ1v) is 15.9. The third-order valence-electron chi connectivity index (χ3n) is 8.56. The smallest absolute Gasteiger partial charge is 0.246 e. The number of fused-ring (bicyclic) bond motifs is 2. The van der Waals surface area contributed by atoms with Gasteiger partial charge in [0, 0.05) is 31.2 Å². The minimum atomic E-state index is -0.765. The fourth-order valence-electron chi connectivity index (χ4n) is 6.48. The minimum absolute atomic E-state index is 0.0290. The number of anilines is 1. The molecule has 3 saturated heterocycles. The van der Waals surface area contributed by atoms with Gasteiger partial charge in [-0.15, -0.1) is 0 Å². The van der Waals surface area contributed by atoms with E-state index >= 15 is 0 Å². The Hall–Kier alpha value is -4.14. The number of nitrogens with one attached hydrogen (secondary N) is 1. The summed E-state index contributed by atoms with van der Waals surface area (Å²) in [5, 5.41) is 17.9. The molecule has 0 aliphatic carbocycles. The highest BCUT2D eigenvalue weighted by molar-refractivity contribution is 7.22. The van der Waals surface area contributed by atoms with Crippen molar-refractivity contribution in [3.05, 3.63) is 83.7 Å². The van der Waals surface area contributed by atoms with Crippen LogP contribution in [0.5, 0.6) is 5.75 Å². The van der Waals surface area contributed by atoms with Crippen LogP contribution in [0.3, 0.4) is 0 Å². The number of para-hydroxylation sites is 1. The lowest BCUT2D eigenvalue weighted by atomic mass is 10.0. The number of pyridine rings is 1. The molecule has 13 heteroatoms. The van der Waals surface area contributed by atoms with Crippen LogP contribution in [0.15, 0.2) is 66.9 Å². The number of epoxide rings is 1. The molecule has 0 bridgehead atoms. The first-order valence-electron chi connectivity index (χ1n) is 15.1. The Balaban J connectivity index is 1.17. The minimum Gasteiger partial charge on any atom is -0.506 e. The molecule has 3 aliphatic heterocycles. The number of aromatic nitrogens is 2. The molecule has 0 saturated carbocycles. The van der Waals surface area contributed by atoms with Crippen LogP contribution >= 0.6 is 11.3 Å². The molecule has 3 aliphatic rings. The molecular weight excluding hydrogens is 592 g/mol. The predicted octanol–water partition coefficient (Wildman–Crippen LogP) is 2.50. The van der Waals surface area contributed by atoms with Crippen LogP contribution in [0.4, 0.5) is 5.13 Å². The van der Waals surface area contributed by atoms with Gasteiger partial charge >= 0.3 is 0 Å². The van der Waals surface area contributed by atoms with E-state index in [-0.39, 0.29) is 49.0 Å². The van der Waals surface area contributed by atoms with Crippen molar-refractivity contribution in [2.45, 2.75) is 64.1 Å². The van der Waals surface area contributed by atoms with Crippen molar-refractivity contribution in [2.24, 2.45) is 0 Å². The van der Waals surface area contributed by atoms with E-state index in [1.165, 1.54) is 17.5 Å². The fourth-order valence-corrected chi connectivity index (χ4v) is 7.26. The van der Waals surface area contributed by atoms with Gasteiger partial charge in [0.2, 0.25) is 11.8 Å². The summed E-state index contributed by atoms with van der Waals surface area (Å²) >= 11 is 1.42. The summed E-state index contributed by atoms with van der Waals surface area (Å²) in [6.07, 6.45) is 0.733. The highest BCUT2D eigenvalue weighted by Crippen LogP contribution is 2.36. The number of benzene rings is 2. The summed E-state index contributed by atoms with van der Waals surface area (Å²) in [6.45, 7) is 5.61. The maximum Gasteiger partial charge on any atom is 0.246 e. The van der Waals surface area contributed by atoms with Gasteiger partial charge in [-0.1, -0.05) is 53.8 Å². The van der Waals surface area contributed by atoms with E-state index in [1.807, 2.05) is 41.3 Å². The molecule has 7 rings (SSSR count). The number of nitrogen functional groups attached to an aromatic ring is 1. The van der Waals surface area contributed by atoms with E-state index in [9.17, 15) is 14.7 Å². The molecule has 4 aromatic rings. The van der Waals surface area contributed by atoms with Crippen LogP contribution < -0.4 is 11.1 Å². The number of piperazine rings is 1. The number of carbonyl (C=O) groups excluding carboxylic acids is 2. The number of nitrogens with zero attached hydrogens (tertiary/aromatic N) is 6. The van der Waals surface area contributed by atoms with E-state index in [2.05, 4.69) is 51.3 Å². The highest BCUT2D eigenvalue weighted by atomic mass is 32.1. The number of rotatable bonds is 10. The number of nitrogens with two attached hydrogens (primary N) is 1. The van der Waals surface area contributed by atoms with Crippen LogP contribution in [-0.2, 0) is 33.8 Å². The quantitative estimate of drug-likeness (QED) is 0.224. The molecule has 2 aromatic carbocycles. The molecule has 12 nitrogen and oxygen atoms in total. The Labute approximate surface area is 265 Å². The van der Waals surface area contributed by atoms with Gasteiger partial charge in [-0.2, -0.15) is 0 Å². The molecule has 0 radical (unpaired) electrons. The van der Waals surface area contributed by atoms with Gasteiger partial charge in [0.15, 0.2) is 17.6 Å². The maximum atomic E-state index is 14.2. The van der Waals surface area contributed by atoms with Gasteiger partial charge < -0.3 is 25.4 Å². The second kappa shape index (κ2) is 12.0. The van der Waals surface area contributed by atoms with Crippen LogP contribution in [0.1, 0.15) is 30.7 Å². The second-order valence-electron chi connectivity index (χ2n) is 11.9. The fraction of sp³-hybridized carbons (Fsp3) is 0.375. The number of carbonyl (C=O) groups is 2. The van der Waals surface area contributed by atoms with Gasteiger partial charge in [-0.05, 0) is 43.2 Å². The standard InChI is InChI=1S/C32H36N8O4S/c1-19(2)40(31-29(44-31)35-14-20-7-4-3-5-8-20)38-18-27(42)39-24(13-22-11-12-23(41)15-34-22)30(43)37(17-26(38)39)16-21-9-6-10-25-28(21)36-32(33)45-25/h3-12,15,19,24,26,29,31,35,41H,13-14,16-18H2,1-2H3,(H2,33,36)/t24-,26+,29?,31?/m0/s1. The van der Waals surface area contributed by atoms with E-state index in [4.69, 9.17) is 10.5 Å². The molecule has 4 atom stereocenters. The normalized spacial score (nSPS) is 23.5. The maximum absolute atomic E-state index is 14.2. The summed E-state index contributed by atoms with van der Waals surface area (Å²) in [4.78, 5) is 40.4. The van der Waals surface area contributed by atoms with Crippen molar-refractivity contribution in [1.29, 1.82) is 0 Å². The Kier molecular flexibility index (Phi) is 7.88. The van der Waals surface area contributed by atoms with Gasteiger partial charge in [0.05, 0.1) is 29.5 Å². The van der Waals surface area contributed by atoms with Crippen LogP contribution in [0.25, 0.3) is 10.2 Å². The predicted molar refractivity (Wildman–Crippen MR) is 169 cm³/mol. The molecule has 4 N–H and O–H groups in total. The summed E-state index contributed by atoms with van der Waals surface area (Å²) < 4.78 is 7.09. The van der Waals surface area contributed by atoms with Gasteiger partial charge in [-0.3, -0.25) is 19.9 Å². The zero-order valence-corrected chi connectivity index (χ0v) is 25.9. The van der Waals surface area contributed by atoms with E-state index in [0.29, 0.717) is 30.5 Å². The number of hydrogen-bond donors (Lipinski definition) is 3. The Morgan fingerprint density at radius 1 is 1.13 bits per heavy atom. The average molecular weight is 629 g/mol. The first-order chi connectivity index (χ1) is 21.8. The third kappa shape index (κ3) is 5.85. The Bertz CT molecular complexity index is 1700. The number of thiazole rings is 1. The zero-order valence-electron chi connectivity index (χ0n) is 25.1. The van der Waals surface area contributed by atoms with E-state index < -0.39 is 12.2 Å². The van der Waals surface area contributed by atoms with Crippen molar-refractivity contribution in [2.75, 3.05) is 18.8 Å². The molecule has 2 aromatic heterocycles. The summed E-state index contributed by atoms with van der Waals surface area (Å²) in [6, 6.07) is 18.5. The van der Waals surface area contributed by atoms with Gasteiger partial charge in [0.1, 0.15) is 18.0 Å². The second-order valence-corrected chi connectivity index (χ2v) is 13.0. The first kappa shape index (κ1) is 29.6. The van der Waals surface area contributed by atoms with Crippen LogP contribution in [-0.4, -0.2) is 90.5 Å². The van der Waals surface area contributed by atoms with Gasteiger partial charge in [0.25, 0.3) is 0 Å². The Morgan fingerprint density at radius 2 is 1.96 bits per heavy atom. The number of hydrazine groups is 1. The average Bonchev–Trinajstić information content (AvgIpc) is 3.55. The third-order valence-corrected chi connectivity index (χ3v) is 9.41. The monoisotopic (exact) mass is 628 g/mol. The molecule has 45 heavy (non-hydrogen) atoms. The molecule has 234 valence electrons. The van der Waals surface area contributed by atoms with Gasteiger partial charge in [-0.25, -0.2) is 15.0 Å². The summed E-state index contributed by atoms with van der Waals surface area (Å²) in [5.41, 5.74) is 9.49. The lowest BCUT2D eigenvalue weighted by molar-refractivity contribution is -0.165. The molecule has 5 heterocycles. The molecular formula is C32H36N8O4S. The molecule has 0 spiro atoms. The largest absolute Gasteiger partial charge is 0.506 e. The molecule has 3 fully saturated rings. The van der Waals surface area contributed by atoms with Crippen molar-refractivity contribution < 1.29 is 19.4 Å². The van der Waals surface area contributed by atoms with Crippen molar-refractivity contribution >= 4 is 38.5 Å². The lowest BCUT2D eigenvalue weighted by Crippen LogP contribution is -2.66. The topological polar surface area (TPSA) is 144 Å². The number of hydrogen-bond acceptors (Lipinski definition) is 11. The van der Waals surface area contributed by atoms with Crippen LogP contribution in [0, 0.1) is 0 Å². The zero-order chi connectivity index (χ0) is 31.2. The molecule has 2 amide bonds. The van der Waals surface area contributed by atoms with Crippen LogP contribution in [0.2, 0.25) is 0 Å². The summed E-state index contributed by atoms with van der Waals surface area (Å²) in [5.74, 6) is -0.233. The molecule has 2 unspecified atom stereocenters. The summed E-state index contributed by atoms with van der Waals surface area (Å²) in [7, 11) is 0. The SMILES string of the molecule is CC(C)N(C1OC1NCc1ccccc1)N1CC(=O)N2[C@@H](Cc3ccc(O)cn3)C(=O)N(Cc3cccc4sc(N)nc34)C[C@@H]21.